The first-order chi connectivity index (χ1) is 26.2. The van der Waals surface area contributed by atoms with Gasteiger partial charge in [-0.15, -0.1) is 0 Å². The molecule has 0 saturated heterocycles. The number of unbranched alkanes of at least 4 members (excludes halogenated alkanes) is 18. The Bertz CT molecular complexity index is 1210. The van der Waals surface area contributed by atoms with Crippen LogP contribution >= 0.6 is 0 Å². The van der Waals surface area contributed by atoms with E-state index in [0.29, 0.717) is 11.3 Å². The van der Waals surface area contributed by atoms with Crippen LogP contribution in [0.25, 0.3) is 10.8 Å². The van der Waals surface area contributed by atoms with Crippen molar-refractivity contribution in [2.45, 2.75) is 239 Å². The first kappa shape index (κ1) is 48.4. The third kappa shape index (κ3) is 17.6. The van der Waals surface area contributed by atoms with Crippen molar-refractivity contribution in [3.63, 3.8) is 0 Å². The molecule has 6 heteroatoms. The maximum absolute atomic E-state index is 13.5. The molecule has 0 fully saturated rings. The summed E-state index contributed by atoms with van der Waals surface area (Å²) in [5, 5.41) is 13.0. The van der Waals surface area contributed by atoms with Gasteiger partial charge in [0.05, 0.1) is 0 Å². The van der Waals surface area contributed by atoms with Gasteiger partial charge >= 0.3 is 5.97 Å². The quantitative estimate of drug-likeness (QED) is 0.0559. The minimum atomic E-state index is -2.33. The van der Waals surface area contributed by atoms with Gasteiger partial charge in [0.2, 0.25) is 0 Å². The first-order valence-corrected chi connectivity index (χ1v) is 28.5. The monoisotopic (exact) mass is 783 g/mol. The van der Waals surface area contributed by atoms with E-state index in [1.807, 2.05) is 6.07 Å². The molecule has 2 rings (SSSR count). The number of hydrogen-bond acceptors (Lipinski definition) is 3. The molecule has 54 heavy (non-hydrogen) atoms. The Morgan fingerprint density at radius 1 is 0.481 bits per heavy atom. The fourth-order valence-electron chi connectivity index (χ4n) is 8.58. The van der Waals surface area contributed by atoms with Gasteiger partial charge in [-0.05, 0) is 55.3 Å². The summed E-state index contributed by atoms with van der Waals surface area (Å²) in [7, 11) is -4.58. The molecule has 0 radical (unpaired) electrons. The third-order valence-corrected chi connectivity index (χ3v) is 20.9. The standard InChI is InChI=1S/C48H86O4Si2/c1-8-14-20-26-34-53(35-27-21-15-9-2,36-28-22-16-10-3)51-46-41-45(48(49)50)47(43-33-32-42(7)40-44(43)46)52-54(37-29-23-17-11-4,38-30-24-18-12-5)39-31-25-19-13-6/h32-33,40-41H,8-31,34-39H2,1-7H3,(H,49,50). The van der Waals surface area contributed by atoms with Gasteiger partial charge in [0.15, 0.2) is 0 Å². The van der Waals surface area contributed by atoms with Crippen molar-refractivity contribution in [2.75, 3.05) is 0 Å². The first-order valence-electron chi connectivity index (χ1n) is 23.4. The predicted octanol–water partition coefficient (Wildman–Crippen LogP) is 17.0. The van der Waals surface area contributed by atoms with Crippen LogP contribution in [0.5, 0.6) is 11.5 Å². The van der Waals surface area contributed by atoms with Gasteiger partial charge in [0.1, 0.15) is 17.1 Å². The Hall–Kier alpha value is -1.80. The summed E-state index contributed by atoms with van der Waals surface area (Å²) in [4.78, 5) is 13.5. The van der Waals surface area contributed by atoms with Crippen LogP contribution in [0.1, 0.15) is 212 Å². The van der Waals surface area contributed by atoms with Crippen LogP contribution in [0, 0.1) is 6.92 Å². The molecule has 0 aliphatic carbocycles. The number of aryl methyl sites for hydroxylation is 1. The highest BCUT2D eigenvalue weighted by Crippen LogP contribution is 2.44. The lowest BCUT2D eigenvalue weighted by Crippen LogP contribution is -2.42. The lowest BCUT2D eigenvalue weighted by atomic mass is 10.0. The molecule has 2 aromatic carbocycles. The minimum absolute atomic E-state index is 0.319. The van der Waals surface area contributed by atoms with Gasteiger partial charge in [-0.3, -0.25) is 0 Å². The SMILES string of the molecule is CCCCCC[Si](CCCCCC)(CCCCCC)Oc1cc(C(=O)O)c(O[Si](CCCCCC)(CCCCCC)CCCCCC)c2ccc(C)cc12. The van der Waals surface area contributed by atoms with E-state index in [0.717, 1.165) is 34.7 Å². The molecule has 0 aliphatic heterocycles. The van der Waals surface area contributed by atoms with E-state index in [9.17, 15) is 9.90 Å². The van der Waals surface area contributed by atoms with Gasteiger partial charge in [-0.25, -0.2) is 4.79 Å². The molecule has 0 heterocycles. The van der Waals surface area contributed by atoms with Crippen LogP contribution in [0.4, 0.5) is 0 Å². The van der Waals surface area contributed by atoms with Crippen molar-refractivity contribution in [3.05, 3.63) is 35.4 Å². The molecule has 0 bridgehead atoms. The van der Waals surface area contributed by atoms with Gasteiger partial charge < -0.3 is 14.0 Å². The number of hydrogen-bond donors (Lipinski definition) is 1. The van der Waals surface area contributed by atoms with Crippen molar-refractivity contribution in [1.82, 2.24) is 0 Å². The number of fused-ring (bicyclic) bond motifs is 1. The van der Waals surface area contributed by atoms with Crippen molar-refractivity contribution in [3.8, 4) is 11.5 Å². The van der Waals surface area contributed by atoms with Crippen LogP contribution in [-0.4, -0.2) is 27.7 Å². The Morgan fingerprint density at radius 2 is 0.833 bits per heavy atom. The number of carboxylic acids is 1. The van der Waals surface area contributed by atoms with Crippen molar-refractivity contribution >= 4 is 33.4 Å². The molecule has 1 N–H and O–H groups in total. The van der Waals surface area contributed by atoms with Crippen LogP contribution in [0.3, 0.4) is 0 Å². The smallest absolute Gasteiger partial charge is 0.339 e. The second-order valence-corrected chi connectivity index (χ2v) is 25.2. The maximum Gasteiger partial charge on any atom is 0.339 e. The van der Waals surface area contributed by atoms with E-state index in [1.54, 1.807) is 0 Å². The summed E-state index contributed by atoms with van der Waals surface area (Å²) in [6, 6.07) is 15.4. The van der Waals surface area contributed by atoms with Crippen LogP contribution in [-0.2, 0) is 0 Å². The highest BCUT2D eigenvalue weighted by atomic mass is 28.4. The fraction of sp³-hybridized carbons (Fsp3) is 0.771. The molecule has 0 atom stereocenters. The van der Waals surface area contributed by atoms with E-state index in [-0.39, 0.29) is 0 Å². The van der Waals surface area contributed by atoms with E-state index < -0.39 is 22.6 Å². The molecular formula is C48H86O4Si2. The second-order valence-electron chi connectivity index (χ2n) is 17.0. The topological polar surface area (TPSA) is 55.8 Å². The summed E-state index contributed by atoms with van der Waals surface area (Å²) in [5.41, 5.74) is 1.50. The van der Waals surface area contributed by atoms with E-state index in [2.05, 4.69) is 66.7 Å². The molecular weight excluding hydrogens is 697 g/mol. The highest BCUT2D eigenvalue weighted by Gasteiger charge is 2.39. The average Bonchev–Trinajstić information content (AvgIpc) is 3.16. The fourth-order valence-corrected chi connectivity index (χ4v) is 17.3. The zero-order chi connectivity index (χ0) is 39.5. The number of rotatable bonds is 35. The second kappa shape index (κ2) is 28.6. The molecule has 0 aliphatic rings. The molecule has 0 aromatic heterocycles. The Kier molecular flexibility index (Phi) is 25.6. The number of carbonyl (C=O) groups is 1. The van der Waals surface area contributed by atoms with E-state index >= 15 is 0 Å². The Balaban J connectivity index is 2.77. The Labute approximate surface area is 336 Å². The van der Waals surface area contributed by atoms with E-state index in [4.69, 9.17) is 8.85 Å². The van der Waals surface area contributed by atoms with Crippen LogP contribution < -0.4 is 8.85 Å². The molecule has 4 nitrogen and oxygen atoms in total. The van der Waals surface area contributed by atoms with Gasteiger partial charge in [0, 0.05) is 10.8 Å². The molecule has 310 valence electrons. The molecule has 0 amide bonds. The van der Waals surface area contributed by atoms with E-state index in [1.165, 1.54) is 178 Å². The Morgan fingerprint density at radius 3 is 1.17 bits per heavy atom. The summed E-state index contributed by atoms with van der Waals surface area (Å²) in [6.07, 6.45) is 29.6. The van der Waals surface area contributed by atoms with Gasteiger partial charge in [0.25, 0.3) is 16.6 Å². The summed E-state index contributed by atoms with van der Waals surface area (Å²) in [5.74, 6) is 0.566. The predicted molar refractivity (Wildman–Crippen MR) is 242 cm³/mol. The third-order valence-electron chi connectivity index (χ3n) is 12.0. The molecule has 0 spiro atoms. The minimum Gasteiger partial charge on any atom is -0.543 e. The summed E-state index contributed by atoms with van der Waals surface area (Å²) in [6.45, 7) is 15.9. The average molecular weight is 783 g/mol. The lowest BCUT2D eigenvalue weighted by molar-refractivity contribution is 0.0694. The summed E-state index contributed by atoms with van der Waals surface area (Å²) < 4.78 is 15.2. The number of carboxylic acid groups (broad SMARTS) is 1. The van der Waals surface area contributed by atoms with Crippen LogP contribution in [0.2, 0.25) is 36.3 Å². The lowest BCUT2D eigenvalue weighted by Gasteiger charge is -2.36. The van der Waals surface area contributed by atoms with Gasteiger partial charge in [-0.1, -0.05) is 213 Å². The van der Waals surface area contributed by atoms with Crippen molar-refractivity contribution < 1.29 is 18.8 Å². The van der Waals surface area contributed by atoms with Crippen LogP contribution in [0.15, 0.2) is 24.3 Å². The number of benzene rings is 2. The molecule has 0 saturated carbocycles. The zero-order valence-electron chi connectivity index (χ0n) is 36.7. The molecule has 2 aromatic rings. The largest absolute Gasteiger partial charge is 0.543 e. The molecule has 0 unspecified atom stereocenters. The summed E-state index contributed by atoms with van der Waals surface area (Å²) >= 11 is 0. The zero-order valence-corrected chi connectivity index (χ0v) is 38.7. The number of aromatic carboxylic acids is 1. The van der Waals surface area contributed by atoms with Crippen molar-refractivity contribution in [2.24, 2.45) is 0 Å². The van der Waals surface area contributed by atoms with Gasteiger partial charge in [-0.2, -0.15) is 0 Å². The van der Waals surface area contributed by atoms with Crippen molar-refractivity contribution in [1.29, 1.82) is 0 Å². The maximum atomic E-state index is 13.5. The highest BCUT2D eigenvalue weighted by molar-refractivity contribution is 6.75. The normalized spacial score (nSPS) is 12.1.